The van der Waals surface area contributed by atoms with Crippen molar-refractivity contribution in [3.8, 4) is 11.3 Å². The number of aliphatic hydroxyl groups is 1. The summed E-state index contributed by atoms with van der Waals surface area (Å²) < 4.78 is 40.5. The number of hydrogen-bond acceptors (Lipinski definition) is 7. The predicted molar refractivity (Wildman–Crippen MR) is 115 cm³/mol. The third-order valence-corrected chi connectivity index (χ3v) is 7.25. The van der Waals surface area contributed by atoms with E-state index in [2.05, 4.69) is 21.8 Å². The number of benzene rings is 1. The molecule has 6 rings (SSSR count). The standard InChI is InChI=1S/C24H22F2N4O3/c1-13-15-5-6-24(13,20-10-30(7-8-32-20)23-27-14(11-31)12-33-23)22-16(15)9-19(28-29-22)21-17(25)3-2-4-18(21)26/h2-4,9,12,15,20,31H,1,5-8,10-11H2/t15-,20-,24+/m1/s1. The van der Waals surface area contributed by atoms with E-state index >= 15 is 0 Å². The van der Waals surface area contributed by atoms with E-state index in [-0.39, 0.29) is 29.9 Å². The summed E-state index contributed by atoms with van der Waals surface area (Å²) >= 11 is 0. The summed E-state index contributed by atoms with van der Waals surface area (Å²) in [6, 6.07) is 5.96. The second-order valence-corrected chi connectivity index (χ2v) is 8.80. The average Bonchev–Trinajstić information content (AvgIpc) is 3.51. The number of fused-ring (bicyclic) bond motifs is 5. The molecule has 3 aromatic rings. The fraction of sp³-hybridized carbons (Fsp3) is 0.375. The number of aromatic nitrogens is 3. The number of aliphatic hydroxyl groups excluding tert-OH is 1. The SMILES string of the molecule is C=C1[C@H]2CC[C@]1([C@H]1CN(c3nc(CO)co3)CCO1)c1nnc(-c3c(F)cccc3F)cc12. The van der Waals surface area contributed by atoms with Crippen molar-refractivity contribution in [1.29, 1.82) is 0 Å². The molecule has 0 radical (unpaired) electrons. The summed E-state index contributed by atoms with van der Waals surface area (Å²) in [5.41, 5.74) is 2.67. The van der Waals surface area contributed by atoms with Crippen molar-refractivity contribution in [2.45, 2.75) is 36.9 Å². The van der Waals surface area contributed by atoms with Crippen molar-refractivity contribution in [3.05, 3.63) is 71.3 Å². The second kappa shape index (κ2) is 7.43. The largest absolute Gasteiger partial charge is 0.432 e. The number of halogens is 2. The van der Waals surface area contributed by atoms with Crippen LogP contribution in [-0.2, 0) is 16.8 Å². The second-order valence-electron chi connectivity index (χ2n) is 8.80. The number of rotatable bonds is 4. The summed E-state index contributed by atoms with van der Waals surface area (Å²) in [7, 11) is 0. The topological polar surface area (TPSA) is 84.5 Å². The van der Waals surface area contributed by atoms with Crippen LogP contribution in [0.15, 0.2) is 47.1 Å². The van der Waals surface area contributed by atoms with Crippen molar-refractivity contribution in [2.24, 2.45) is 0 Å². The molecule has 0 spiro atoms. The number of nitrogens with zero attached hydrogens (tertiary/aromatic N) is 4. The molecule has 33 heavy (non-hydrogen) atoms. The fourth-order valence-corrected chi connectivity index (χ4v) is 5.67. The van der Waals surface area contributed by atoms with Crippen LogP contribution in [-0.4, -0.2) is 46.1 Å². The van der Waals surface area contributed by atoms with Gasteiger partial charge in [-0.05, 0) is 36.6 Å². The zero-order valence-corrected chi connectivity index (χ0v) is 17.8. The molecule has 1 N–H and O–H groups in total. The van der Waals surface area contributed by atoms with Gasteiger partial charge in [-0.2, -0.15) is 10.1 Å². The van der Waals surface area contributed by atoms with E-state index in [1.807, 2.05) is 4.90 Å². The molecule has 1 aromatic carbocycles. The Kier molecular flexibility index (Phi) is 4.60. The van der Waals surface area contributed by atoms with Gasteiger partial charge in [0, 0.05) is 19.0 Å². The maximum Gasteiger partial charge on any atom is 0.297 e. The summed E-state index contributed by atoms with van der Waals surface area (Å²) in [6.07, 6.45) is 2.88. The van der Waals surface area contributed by atoms with Gasteiger partial charge >= 0.3 is 0 Å². The van der Waals surface area contributed by atoms with Gasteiger partial charge in [0.05, 0.1) is 41.7 Å². The lowest BCUT2D eigenvalue weighted by Gasteiger charge is -2.42. The van der Waals surface area contributed by atoms with Crippen molar-refractivity contribution in [3.63, 3.8) is 0 Å². The summed E-state index contributed by atoms with van der Waals surface area (Å²) in [5, 5.41) is 18.0. The van der Waals surface area contributed by atoms with Crippen LogP contribution in [0, 0.1) is 11.6 Å². The van der Waals surface area contributed by atoms with Crippen molar-refractivity contribution in [2.75, 3.05) is 24.6 Å². The molecule has 1 aliphatic heterocycles. The van der Waals surface area contributed by atoms with Gasteiger partial charge in [0.15, 0.2) is 0 Å². The summed E-state index contributed by atoms with van der Waals surface area (Å²) in [4.78, 5) is 6.33. The van der Waals surface area contributed by atoms with E-state index in [1.165, 1.54) is 24.5 Å². The van der Waals surface area contributed by atoms with Crippen molar-refractivity contribution in [1.82, 2.24) is 15.2 Å². The van der Waals surface area contributed by atoms with Gasteiger partial charge in [0.1, 0.15) is 23.6 Å². The molecule has 2 aliphatic carbocycles. The molecule has 2 bridgehead atoms. The highest BCUT2D eigenvalue weighted by Crippen LogP contribution is 2.62. The van der Waals surface area contributed by atoms with E-state index in [1.54, 1.807) is 6.07 Å². The van der Waals surface area contributed by atoms with Crippen LogP contribution in [0.3, 0.4) is 0 Å². The summed E-state index contributed by atoms with van der Waals surface area (Å²) in [5.74, 6) is -1.29. The molecule has 2 aromatic heterocycles. The van der Waals surface area contributed by atoms with Crippen LogP contribution in [0.5, 0.6) is 0 Å². The molecule has 7 nitrogen and oxygen atoms in total. The van der Waals surface area contributed by atoms with Crippen LogP contribution in [0.2, 0.25) is 0 Å². The Morgan fingerprint density at radius 3 is 2.82 bits per heavy atom. The molecule has 2 fully saturated rings. The smallest absolute Gasteiger partial charge is 0.297 e. The van der Waals surface area contributed by atoms with Crippen LogP contribution in [0.25, 0.3) is 11.3 Å². The maximum atomic E-state index is 14.4. The van der Waals surface area contributed by atoms with Crippen LogP contribution < -0.4 is 4.90 Å². The molecule has 1 saturated heterocycles. The van der Waals surface area contributed by atoms with Gasteiger partial charge in [-0.3, -0.25) is 0 Å². The molecule has 3 atom stereocenters. The van der Waals surface area contributed by atoms with Gasteiger partial charge in [-0.25, -0.2) is 8.78 Å². The van der Waals surface area contributed by atoms with E-state index in [0.29, 0.717) is 31.4 Å². The Morgan fingerprint density at radius 2 is 2.06 bits per heavy atom. The first kappa shape index (κ1) is 20.4. The maximum absolute atomic E-state index is 14.4. The van der Waals surface area contributed by atoms with Gasteiger partial charge in [0.2, 0.25) is 0 Å². The zero-order valence-electron chi connectivity index (χ0n) is 17.8. The Labute approximate surface area is 188 Å². The normalized spacial score (nSPS) is 26.2. The van der Waals surface area contributed by atoms with Crippen molar-refractivity contribution >= 4 is 6.01 Å². The number of ether oxygens (including phenoxy) is 1. The highest BCUT2D eigenvalue weighted by Gasteiger charge is 2.59. The zero-order chi connectivity index (χ0) is 22.7. The summed E-state index contributed by atoms with van der Waals surface area (Å²) in [6.45, 7) is 5.82. The Morgan fingerprint density at radius 1 is 1.24 bits per heavy atom. The molecule has 9 heteroatoms. The molecule has 3 heterocycles. The minimum absolute atomic E-state index is 0.0470. The lowest BCUT2D eigenvalue weighted by atomic mass is 9.75. The first-order valence-corrected chi connectivity index (χ1v) is 11.0. The monoisotopic (exact) mass is 452 g/mol. The third kappa shape index (κ3) is 2.88. The van der Waals surface area contributed by atoms with E-state index in [4.69, 9.17) is 9.15 Å². The van der Waals surface area contributed by atoms with Crippen LogP contribution in [0.4, 0.5) is 14.8 Å². The van der Waals surface area contributed by atoms with Crippen molar-refractivity contribution < 1.29 is 23.0 Å². The van der Waals surface area contributed by atoms with E-state index in [9.17, 15) is 13.9 Å². The Hall–Kier alpha value is -3.17. The lowest BCUT2D eigenvalue weighted by Crippen LogP contribution is -2.52. The molecular weight excluding hydrogens is 430 g/mol. The first-order valence-electron chi connectivity index (χ1n) is 11.0. The molecule has 3 aliphatic rings. The quantitative estimate of drug-likeness (QED) is 0.607. The molecule has 0 unspecified atom stereocenters. The van der Waals surface area contributed by atoms with Gasteiger partial charge in [0.25, 0.3) is 6.01 Å². The minimum Gasteiger partial charge on any atom is -0.432 e. The highest BCUT2D eigenvalue weighted by atomic mass is 19.1. The lowest BCUT2D eigenvalue weighted by molar-refractivity contribution is -0.00375. The van der Waals surface area contributed by atoms with Crippen LogP contribution >= 0.6 is 0 Å². The first-order chi connectivity index (χ1) is 16.0. The molecule has 1 saturated carbocycles. The number of oxazole rings is 1. The van der Waals surface area contributed by atoms with E-state index in [0.717, 1.165) is 29.7 Å². The number of hydrogen-bond donors (Lipinski definition) is 1. The number of morpholine rings is 1. The van der Waals surface area contributed by atoms with Crippen LogP contribution in [0.1, 0.15) is 35.7 Å². The Balaban J connectivity index is 1.37. The Bertz CT molecular complexity index is 1240. The molecular formula is C24H22F2N4O3. The molecule has 170 valence electrons. The average molecular weight is 452 g/mol. The number of anilines is 1. The van der Waals surface area contributed by atoms with Gasteiger partial charge in [-0.1, -0.05) is 18.2 Å². The van der Waals surface area contributed by atoms with E-state index < -0.39 is 17.0 Å². The van der Waals surface area contributed by atoms with Gasteiger partial charge in [-0.15, -0.1) is 5.10 Å². The molecule has 0 amide bonds. The predicted octanol–water partition coefficient (Wildman–Crippen LogP) is 3.49. The van der Waals surface area contributed by atoms with Gasteiger partial charge < -0.3 is 19.2 Å². The fourth-order valence-electron chi connectivity index (χ4n) is 5.67. The highest BCUT2D eigenvalue weighted by molar-refractivity contribution is 5.65. The third-order valence-electron chi connectivity index (χ3n) is 7.25. The minimum atomic E-state index is -0.666.